The van der Waals surface area contributed by atoms with Gasteiger partial charge in [0.05, 0.1) is 0 Å². The first kappa shape index (κ1) is 17.4. The van der Waals surface area contributed by atoms with Gasteiger partial charge < -0.3 is 11.1 Å². The molecular formula is C16H33N3O. The molecule has 0 spiro atoms. The van der Waals surface area contributed by atoms with Crippen LogP contribution in [0.1, 0.15) is 54.4 Å². The van der Waals surface area contributed by atoms with Crippen molar-refractivity contribution in [3.8, 4) is 0 Å². The first-order valence-corrected chi connectivity index (χ1v) is 7.78. The van der Waals surface area contributed by atoms with Crippen LogP contribution in [0, 0.1) is 11.3 Å². The number of carbonyl (C=O) groups excluding carboxylic acids is 1. The topological polar surface area (TPSA) is 58.4 Å². The molecule has 0 radical (unpaired) electrons. The third-order valence-corrected chi connectivity index (χ3v) is 4.17. The molecule has 1 amide bonds. The van der Waals surface area contributed by atoms with E-state index in [4.69, 9.17) is 5.73 Å². The largest absolute Gasteiger partial charge is 0.351 e. The molecule has 4 heteroatoms. The maximum Gasteiger partial charge on any atom is 0.222 e. The minimum Gasteiger partial charge on any atom is -0.351 e. The van der Waals surface area contributed by atoms with Crippen molar-refractivity contribution in [1.29, 1.82) is 0 Å². The molecule has 1 aliphatic heterocycles. The molecule has 0 aliphatic carbocycles. The van der Waals surface area contributed by atoms with E-state index in [1.165, 1.54) is 6.42 Å². The molecular weight excluding hydrogens is 250 g/mol. The van der Waals surface area contributed by atoms with Crippen molar-refractivity contribution in [3.05, 3.63) is 0 Å². The van der Waals surface area contributed by atoms with Gasteiger partial charge in [0, 0.05) is 31.1 Å². The Bertz CT molecular complexity index is 328. The fourth-order valence-corrected chi connectivity index (χ4v) is 2.87. The van der Waals surface area contributed by atoms with Crippen molar-refractivity contribution in [3.63, 3.8) is 0 Å². The lowest BCUT2D eigenvalue weighted by molar-refractivity contribution is -0.123. The Hall–Kier alpha value is -0.610. The maximum atomic E-state index is 12.1. The van der Waals surface area contributed by atoms with E-state index in [2.05, 4.69) is 31.0 Å². The predicted octanol–water partition coefficient (Wildman–Crippen LogP) is 1.99. The highest BCUT2D eigenvalue weighted by Gasteiger charge is 2.35. The van der Waals surface area contributed by atoms with Gasteiger partial charge in [-0.1, -0.05) is 20.8 Å². The molecule has 1 aliphatic rings. The monoisotopic (exact) mass is 283 g/mol. The van der Waals surface area contributed by atoms with Gasteiger partial charge in [-0.3, -0.25) is 9.69 Å². The zero-order valence-corrected chi connectivity index (χ0v) is 14.1. The summed E-state index contributed by atoms with van der Waals surface area (Å²) < 4.78 is 0. The van der Waals surface area contributed by atoms with Crippen LogP contribution in [-0.4, -0.2) is 42.0 Å². The minimum absolute atomic E-state index is 0.104. The smallest absolute Gasteiger partial charge is 0.222 e. The van der Waals surface area contributed by atoms with Gasteiger partial charge in [0.15, 0.2) is 0 Å². The summed E-state index contributed by atoms with van der Waals surface area (Å²) in [6.07, 6.45) is 1.71. The highest BCUT2D eigenvalue weighted by atomic mass is 16.1. The third kappa shape index (κ3) is 5.41. The first-order chi connectivity index (χ1) is 9.03. The van der Waals surface area contributed by atoms with E-state index in [1.54, 1.807) is 0 Å². The van der Waals surface area contributed by atoms with Crippen LogP contribution in [-0.2, 0) is 4.79 Å². The van der Waals surface area contributed by atoms with Crippen molar-refractivity contribution in [2.24, 2.45) is 17.1 Å². The van der Waals surface area contributed by atoms with Gasteiger partial charge in [-0.05, 0) is 45.1 Å². The second-order valence-corrected chi connectivity index (χ2v) is 8.24. The van der Waals surface area contributed by atoms with Crippen molar-refractivity contribution < 1.29 is 4.79 Å². The number of nitrogens with zero attached hydrogens (tertiary/aromatic N) is 1. The molecule has 20 heavy (non-hydrogen) atoms. The van der Waals surface area contributed by atoms with Crippen LogP contribution < -0.4 is 11.1 Å². The number of nitrogens with one attached hydrogen (secondary N) is 1. The molecule has 3 N–H and O–H groups in total. The third-order valence-electron chi connectivity index (χ3n) is 4.17. The molecule has 0 aromatic rings. The van der Waals surface area contributed by atoms with Gasteiger partial charge in [-0.25, -0.2) is 0 Å². The predicted molar refractivity (Wildman–Crippen MR) is 84.5 cm³/mol. The first-order valence-electron chi connectivity index (χ1n) is 7.78. The van der Waals surface area contributed by atoms with Crippen molar-refractivity contribution >= 4 is 5.91 Å². The van der Waals surface area contributed by atoms with Crippen molar-refractivity contribution in [2.75, 3.05) is 19.6 Å². The molecule has 4 nitrogen and oxygen atoms in total. The highest BCUT2D eigenvalue weighted by Crippen LogP contribution is 2.34. The van der Waals surface area contributed by atoms with Crippen LogP contribution in [0.2, 0.25) is 0 Å². The maximum absolute atomic E-state index is 12.1. The average molecular weight is 283 g/mol. The lowest BCUT2D eigenvalue weighted by Gasteiger charge is -2.31. The normalized spacial score (nSPS) is 22.9. The minimum atomic E-state index is -0.171. The van der Waals surface area contributed by atoms with Crippen LogP contribution >= 0.6 is 0 Å². The summed E-state index contributed by atoms with van der Waals surface area (Å²) >= 11 is 0. The number of hydrogen-bond donors (Lipinski definition) is 2. The van der Waals surface area contributed by atoms with Gasteiger partial charge in [0.25, 0.3) is 0 Å². The number of hydrogen-bond acceptors (Lipinski definition) is 3. The molecule has 0 bridgehead atoms. The molecule has 0 aromatic heterocycles. The molecule has 0 saturated carbocycles. The Morgan fingerprint density at radius 2 is 1.90 bits per heavy atom. The second kappa shape index (κ2) is 6.44. The average Bonchev–Trinajstić information content (AvgIpc) is 2.71. The van der Waals surface area contributed by atoms with E-state index in [-0.39, 0.29) is 17.5 Å². The SMILES string of the molecule is CC(C)(C)NC(=O)CC(CN)N1CCC(C(C)(C)C)C1. The van der Waals surface area contributed by atoms with Crippen LogP contribution in [0.3, 0.4) is 0 Å². The summed E-state index contributed by atoms with van der Waals surface area (Å²) in [5, 5.41) is 3.03. The van der Waals surface area contributed by atoms with Gasteiger partial charge in [-0.15, -0.1) is 0 Å². The Morgan fingerprint density at radius 1 is 1.30 bits per heavy atom. The second-order valence-electron chi connectivity index (χ2n) is 8.24. The summed E-state index contributed by atoms with van der Waals surface area (Å²) in [5.74, 6) is 0.800. The van der Waals surface area contributed by atoms with E-state index in [1.807, 2.05) is 20.8 Å². The lowest BCUT2D eigenvalue weighted by Crippen LogP contribution is -2.47. The Morgan fingerprint density at radius 3 is 2.30 bits per heavy atom. The van der Waals surface area contributed by atoms with Gasteiger partial charge in [0.2, 0.25) is 5.91 Å². The summed E-state index contributed by atoms with van der Waals surface area (Å²) in [4.78, 5) is 14.5. The number of rotatable bonds is 4. The molecule has 1 rings (SSSR count). The van der Waals surface area contributed by atoms with Crippen LogP contribution in [0.15, 0.2) is 0 Å². The Kier molecular flexibility index (Phi) is 5.61. The van der Waals surface area contributed by atoms with Crippen molar-refractivity contribution in [2.45, 2.75) is 66.0 Å². The molecule has 1 heterocycles. The number of likely N-dealkylation sites (tertiary alicyclic amines) is 1. The molecule has 2 unspecified atom stereocenters. The summed E-state index contributed by atoms with van der Waals surface area (Å²) in [6, 6.07) is 0.171. The van der Waals surface area contributed by atoms with E-state index >= 15 is 0 Å². The van der Waals surface area contributed by atoms with Crippen LogP contribution in [0.5, 0.6) is 0 Å². The van der Waals surface area contributed by atoms with Crippen molar-refractivity contribution in [1.82, 2.24) is 10.2 Å². The summed E-state index contributed by atoms with van der Waals surface area (Å²) in [7, 11) is 0. The van der Waals surface area contributed by atoms with Crippen LogP contribution in [0.25, 0.3) is 0 Å². The van der Waals surface area contributed by atoms with E-state index in [0.717, 1.165) is 13.1 Å². The van der Waals surface area contributed by atoms with Gasteiger partial charge >= 0.3 is 0 Å². The quantitative estimate of drug-likeness (QED) is 0.829. The molecule has 118 valence electrons. The number of nitrogens with two attached hydrogens (primary N) is 1. The van der Waals surface area contributed by atoms with E-state index < -0.39 is 0 Å². The van der Waals surface area contributed by atoms with Crippen LogP contribution in [0.4, 0.5) is 0 Å². The number of amides is 1. The Balaban J connectivity index is 2.54. The highest BCUT2D eigenvalue weighted by molar-refractivity contribution is 5.77. The fourth-order valence-electron chi connectivity index (χ4n) is 2.87. The van der Waals surface area contributed by atoms with Gasteiger partial charge in [0.1, 0.15) is 0 Å². The van der Waals surface area contributed by atoms with E-state index in [0.29, 0.717) is 24.3 Å². The summed E-state index contributed by atoms with van der Waals surface area (Å²) in [6.45, 7) is 15.6. The Labute approximate surface area is 124 Å². The molecule has 1 fully saturated rings. The fraction of sp³-hybridized carbons (Fsp3) is 0.938. The standard InChI is InChI=1S/C16H33N3O/c1-15(2,3)12-7-8-19(11-12)13(10-17)9-14(20)18-16(4,5)6/h12-13H,7-11,17H2,1-6H3,(H,18,20). The zero-order valence-electron chi connectivity index (χ0n) is 14.1. The van der Waals surface area contributed by atoms with Gasteiger partial charge in [-0.2, -0.15) is 0 Å². The molecule has 2 atom stereocenters. The lowest BCUT2D eigenvalue weighted by atomic mass is 9.80. The van der Waals surface area contributed by atoms with E-state index in [9.17, 15) is 4.79 Å². The zero-order chi connectivity index (χ0) is 15.6. The molecule has 1 saturated heterocycles. The number of carbonyl (C=O) groups is 1. The summed E-state index contributed by atoms with van der Waals surface area (Å²) in [5.41, 5.74) is 6.06. The molecule has 0 aromatic carbocycles.